The van der Waals surface area contributed by atoms with Gasteiger partial charge in [-0.05, 0) is 35.4 Å². The molecule has 1 N–H and O–H groups in total. The van der Waals surface area contributed by atoms with E-state index in [1.165, 1.54) is 0 Å². The van der Waals surface area contributed by atoms with Gasteiger partial charge in [0.25, 0.3) is 0 Å². The van der Waals surface area contributed by atoms with Crippen molar-refractivity contribution < 1.29 is 28.9 Å². The Bertz CT molecular complexity index is 1290. The number of ether oxygens (including phenoxy) is 3. The topological polar surface area (TPSA) is 85.3 Å². The highest BCUT2D eigenvalue weighted by molar-refractivity contribution is 6.11. The number of fused-ring (bicyclic) bond motifs is 5. The van der Waals surface area contributed by atoms with Gasteiger partial charge in [0.05, 0.1) is 12.1 Å². The molecular formula is C25H19NO6. The summed E-state index contributed by atoms with van der Waals surface area (Å²) in [5.74, 6) is 0.745. The van der Waals surface area contributed by atoms with Crippen molar-refractivity contribution in [3.05, 3.63) is 82.9 Å². The molecule has 0 bridgehead atoms. The SMILES string of the molecule is O=C(O)c1cccc(CN2C(=O)C3(COc4cc5c(cc43)OCCO5)c3ccccc32)c1. The zero-order chi connectivity index (χ0) is 21.9. The fraction of sp³-hybridized carbons (Fsp3) is 0.200. The molecule has 0 fully saturated rings. The molecule has 3 aromatic carbocycles. The minimum atomic E-state index is -0.999. The fourth-order valence-electron chi connectivity index (χ4n) is 4.85. The Morgan fingerprint density at radius 3 is 2.50 bits per heavy atom. The largest absolute Gasteiger partial charge is 0.491 e. The lowest BCUT2D eigenvalue weighted by Crippen LogP contribution is -2.42. The van der Waals surface area contributed by atoms with E-state index >= 15 is 0 Å². The second-order valence-corrected chi connectivity index (χ2v) is 8.10. The normalized spacial score (nSPS) is 20.1. The first kappa shape index (κ1) is 18.7. The number of rotatable bonds is 3. The quantitative estimate of drug-likeness (QED) is 0.687. The molecule has 3 aliphatic heterocycles. The predicted octanol–water partition coefficient (Wildman–Crippen LogP) is 3.38. The van der Waals surface area contributed by atoms with E-state index in [1.54, 1.807) is 29.2 Å². The maximum atomic E-state index is 14.0. The van der Waals surface area contributed by atoms with Crippen molar-refractivity contribution in [3.63, 3.8) is 0 Å². The molecule has 3 aliphatic rings. The van der Waals surface area contributed by atoms with Gasteiger partial charge in [-0.15, -0.1) is 0 Å². The zero-order valence-corrected chi connectivity index (χ0v) is 17.0. The van der Waals surface area contributed by atoms with E-state index in [0.29, 0.717) is 30.5 Å². The highest BCUT2D eigenvalue weighted by atomic mass is 16.6. The van der Waals surface area contributed by atoms with Crippen molar-refractivity contribution in [3.8, 4) is 17.2 Å². The summed E-state index contributed by atoms with van der Waals surface area (Å²) in [5, 5.41) is 9.33. The molecule has 3 aromatic rings. The van der Waals surface area contributed by atoms with Gasteiger partial charge in [0.15, 0.2) is 11.5 Å². The zero-order valence-electron chi connectivity index (χ0n) is 17.0. The molecule has 160 valence electrons. The number of amides is 1. The third-order valence-electron chi connectivity index (χ3n) is 6.33. The molecule has 1 atom stereocenters. The number of nitrogens with zero attached hydrogens (tertiary/aromatic N) is 1. The summed E-state index contributed by atoms with van der Waals surface area (Å²) in [6, 6.07) is 18.0. The third kappa shape index (κ3) is 2.54. The second kappa shape index (κ2) is 6.75. The van der Waals surface area contributed by atoms with Gasteiger partial charge in [-0.2, -0.15) is 0 Å². The Morgan fingerprint density at radius 2 is 1.69 bits per heavy atom. The van der Waals surface area contributed by atoms with Crippen LogP contribution < -0.4 is 19.1 Å². The molecule has 1 spiro atoms. The molecule has 1 unspecified atom stereocenters. The summed E-state index contributed by atoms with van der Waals surface area (Å²) in [5.41, 5.74) is 2.38. The maximum Gasteiger partial charge on any atom is 0.335 e. The van der Waals surface area contributed by atoms with Gasteiger partial charge in [-0.25, -0.2) is 4.79 Å². The molecule has 0 saturated carbocycles. The number of anilines is 1. The van der Waals surface area contributed by atoms with Crippen LogP contribution in [-0.2, 0) is 16.8 Å². The molecule has 0 saturated heterocycles. The number of carboxylic acids is 1. The number of hydrogen-bond donors (Lipinski definition) is 1. The number of carbonyl (C=O) groups excluding carboxylic acids is 1. The minimum absolute atomic E-state index is 0.102. The van der Waals surface area contributed by atoms with Crippen LogP contribution in [0.4, 0.5) is 5.69 Å². The van der Waals surface area contributed by atoms with Crippen LogP contribution >= 0.6 is 0 Å². The van der Waals surface area contributed by atoms with E-state index in [0.717, 1.165) is 22.4 Å². The molecule has 7 nitrogen and oxygen atoms in total. The van der Waals surface area contributed by atoms with E-state index in [-0.39, 0.29) is 24.6 Å². The highest BCUT2D eigenvalue weighted by Gasteiger charge is 2.57. The smallest absolute Gasteiger partial charge is 0.335 e. The molecule has 32 heavy (non-hydrogen) atoms. The first-order chi connectivity index (χ1) is 15.6. The molecule has 0 aromatic heterocycles. The molecule has 0 radical (unpaired) electrons. The summed E-state index contributed by atoms with van der Waals surface area (Å²) in [6.45, 7) is 1.38. The van der Waals surface area contributed by atoms with Gasteiger partial charge in [0, 0.05) is 17.3 Å². The van der Waals surface area contributed by atoms with Crippen LogP contribution in [0.25, 0.3) is 0 Å². The second-order valence-electron chi connectivity index (χ2n) is 8.10. The Balaban J connectivity index is 1.46. The number of carboxylic acid groups (broad SMARTS) is 1. The lowest BCUT2D eigenvalue weighted by atomic mass is 9.77. The monoisotopic (exact) mass is 429 g/mol. The number of hydrogen-bond acceptors (Lipinski definition) is 5. The first-order valence-corrected chi connectivity index (χ1v) is 10.4. The molecule has 7 heteroatoms. The van der Waals surface area contributed by atoms with Crippen LogP contribution in [0.5, 0.6) is 17.2 Å². The van der Waals surface area contributed by atoms with E-state index in [1.807, 2.05) is 36.4 Å². The van der Waals surface area contributed by atoms with Crippen LogP contribution in [0.1, 0.15) is 27.0 Å². The van der Waals surface area contributed by atoms with E-state index in [4.69, 9.17) is 14.2 Å². The average molecular weight is 429 g/mol. The number of aromatic carboxylic acids is 1. The van der Waals surface area contributed by atoms with Gasteiger partial charge in [-0.3, -0.25) is 4.79 Å². The van der Waals surface area contributed by atoms with E-state index < -0.39 is 11.4 Å². The van der Waals surface area contributed by atoms with Gasteiger partial charge >= 0.3 is 5.97 Å². The summed E-state index contributed by atoms with van der Waals surface area (Å²) >= 11 is 0. The maximum absolute atomic E-state index is 14.0. The molecule has 6 rings (SSSR count). The third-order valence-corrected chi connectivity index (χ3v) is 6.33. The highest BCUT2D eigenvalue weighted by Crippen LogP contribution is 2.54. The predicted molar refractivity (Wildman–Crippen MR) is 115 cm³/mol. The van der Waals surface area contributed by atoms with Crippen molar-refractivity contribution in [1.29, 1.82) is 0 Å². The van der Waals surface area contributed by atoms with Crippen molar-refractivity contribution in [2.75, 3.05) is 24.7 Å². The van der Waals surface area contributed by atoms with Crippen LogP contribution in [0.3, 0.4) is 0 Å². The standard InChI is InChI=1S/C25H19NO6/c27-23(28)16-5-3-4-15(10-16)13-26-19-7-2-1-6-17(19)25(24(26)29)14-32-20-12-22-21(11-18(20)25)30-8-9-31-22/h1-7,10-12H,8-9,13-14H2,(H,27,28). The van der Waals surface area contributed by atoms with Gasteiger partial charge in [0.1, 0.15) is 31.0 Å². The summed E-state index contributed by atoms with van der Waals surface area (Å²) in [7, 11) is 0. The molecule has 1 amide bonds. The van der Waals surface area contributed by atoms with E-state index in [9.17, 15) is 14.7 Å². The Kier molecular flexibility index (Phi) is 3.95. The van der Waals surface area contributed by atoms with Crippen LogP contribution in [0.15, 0.2) is 60.7 Å². The molecule has 0 aliphatic carbocycles. The lowest BCUT2D eigenvalue weighted by Gasteiger charge is -2.24. The Morgan fingerprint density at radius 1 is 0.906 bits per heavy atom. The minimum Gasteiger partial charge on any atom is -0.491 e. The van der Waals surface area contributed by atoms with Crippen molar-refractivity contribution in [2.45, 2.75) is 12.0 Å². The molecular weight excluding hydrogens is 410 g/mol. The number of benzene rings is 3. The summed E-state index contributed by atoms with van der Waals surface area (Å²) < 4.78 is 17.5. The number of para-hydroxylation sites is 1. The van der Waals surface area contributed by atoms with Crippen LogP contribution in [-0.4, -0.2) is 36.8 Å². The fourth-order valence-corrected chi connectivity index (χ4v) is 4.85. The molecule has 3 heterocycles. The van der Waals surface area contributed by atoms with Crippen LogP contribution in [0, 0.1) is 0 Å². The Labute approximate surface area is 183 Å². The van der Waals surface area contributed by atoms with Crippen molar-refractivity contribution in [1.82, 2.24) is 0 Å². The van der Waals surface area contributed by atoms with Crippen molar-refractivity contribution in [2.24, 2.45) is 0 Å². The van der Waals surface area contributed by atoms with Gasteiger partial charge < -0.3 is 24.2 Å². The lowest BCUT2D eigenvalue weighted by molar-refractivity contribution is -0.122. The number of carbonyl (C=O) groups is 2. The summed E-state index contributed by atoms with van der Waals surface area (Å²) in [6.07, 6.45) is 0. The van der Waals surface area contributed by atoms with Crippen molar-refractivity contribution >= 4 is 17.6 Å². The van der Waals surface area contributed by atoms with E-state index in [2.05, 4.69) is 0 Å². The average Bonchev–Trinajstić information content (AvgIpc) is 3.30. The van der Waals surface area contributed by atoms with Gasteiger partial charge in [-0.1, -0.05) is 30.3 Å². The van der Waals surface area contributed by atoms with Crippen LogP contribution in [0.2, 0.25) is 0 Å². The summed E-state index contributed by atoms with van der Waals surface area (Å²) in [4.78, 5) is 27.1. The van der Waals surface area contributed by atoms with Gasteiger partial charge in [0.2, 0.25) is 5.91 Å². The Hall–Kier alpha value is -4.00. The first-order valence-electron chi connectivity index (χ1n) is 10.4.